The highest BCUT2D eigenvalue weighted by molar-refractivity contribution is 7.89. The molecule has 1 heterocycles. The molecule has 0 fully saturated rings. The largest absolute Gasteiger partial charge is 0.419 e. The topological polar surface area (TPSA) is 96.6 Å². The van der Waals surface area contributed by atoms with Gasteiger partial charge in [0.15, 0.2) is 0 Å². The summed E-state index contributed by atoms with van der Waals surface area (Å²) in [7, 11) is -2.41. The van der Waals surface area contributed by atoms with Gasteiger partial charge in [-0.05, 0) is 38.1 Å². The standard InChI is InChI=1S/C21H23ClN4O4S/c1-15(2)26(13-19-23-24-21(30-19)17-11-7-8-12-18(17)22)20(27)14-25(3)31(28,29)16-9-5-4-6-10-16/h4-12,15H,13-14H2,1-3H3. The quantitative estimate of drug-likeness (QED) is 0.508. The molecule has 8 nitrogen and oxygen atoms in total. The molecule has 0 bridgehead atoms. The predicted octanol–water partition coefficient (Wildman–Crippen LogP) is 3.45. The number of benzene rings is 2. The zero-order valence-electron chi connectivity index (χ0n) is 17.4. The van der Waals surface area contributed by atoms with E-state index in [1.54, 1.807) is 42.5 Å². The van der Waals surface area contributed by atoms with Crippen molar-refractivity contribution < 1.29 is 17.6 Å². The first kappa shape index (κ1) is 22.9. The lowest BCUT2D eigenvalue weighted by molar-refractivity contribution is -0.133. The molecule has 2 aromatic carbocycles. The average molecular weight is 463 g/mol. The van der Waals surface area contributed by atoms with Gasteiger partial charge in [0.25, 0.3) is 0 Å². The van der Waals surface area contributed by atoms with Crippen LogP contribution in [0.1, 0.15) is 19.7 Å². The molecule has 0 aliphatic rings. The molecule has 0 spiro atoms. The van der Waals surface area contributed by atoms with Gasteiger partial charge in [0, 0.05) is 13.1 Å². The molecule has 0 saturated carbocycles. The van der Waals surface area contributed by atoms with Crippen molar-refractivity contribution in [3.8, 4) is 11.5 Å². The predicted molar refractivity (Wildman–Crippen MR) is 117 cm³/mol. The number of halogens is 1. The lowest BCUT2D eigenvalue weighted by atomic mass is 10.2. The van der Waals surface area contributed by atoms with E-state index in [0.29, 0.717) is 10.6 Å². The van der Waals surface area contributed by atoms with Crippen LogP contribution in [0.15, 0.2) is 63.9 Å². The van der Waals surface area contributed by atoms with Crippen molar-refractivity contribution in [2.45, 2.75) is 31.3 Å². The van der Waals surface area contributed by atoms with E-state index in [2.05, 4.69) is 10.2 Å². The Hall–Kier alpha value is -2.75. The fraction of sp³-hybridized carbons (Fsp3) is 0.286. The monoisotopic (exact) mass is 462 g/mol. The molecule has 1 aromatic heterocycles. The second-order valence-electron chi connectivity index (χ2n) is 7.17. The number of nitrogens with zero attached hydrogens (tertiary/aromatic N) is 4. The van der Waals surface area contributed by atoms with Gasteiger partial charge in [-0.3, -0.25) is 4.79 Å². The first-order valence-corrected chi connectivity index (χ1v) is 11.4. The van der Waals surface area contributed by atoms with Crippen molar-refractivity contribution in [2.75, 3.05) is 13.6 Å². The first-order chi connectivity index (χ1) is 14.7. The van der Waals surface area contributed by atoms with Gasteiger partial charge in [-0.25, -0.2) is 8.42 Å². The summed E-state index contributed by atoms with van der Waals surface area (Å²) in [5, 5.41) is 8.50. The van der Waals surface area contributed by atoms with Crippen LogP contribution in [0, 0.1) is 0 Å². The van der Waals surface area contributed by atoms with Crippen molar-refractivity contribution >= 4 is 27.5 Å². The molecule has 1 amide bonds. The maximum absolute atomic E-state index is 12.9. The summed E-state index contributed by atoms with van der Waals surface area (Å²) in [5.74, 6) is 0.0977. The summed E-state index contributed by atoms with van der Waals surface area (Å²) in [6.07, 6.45) is 0. The molecule has 31 heavy (non-hydrogen) atoms. The summed E-state index contributed by atoms with van der Waals surface area (Å²) in [6.45, 7) is 3.39. The molecule has 0 radical (unpaired) electrons. The van der Waals surface area contributed by atoms with Crippen LogP contribution in [0.4, 0.5) is 0 Å². The molecule has 0 N–H and O–H groups in total. The molecule has 3 aromatic rings. The van der Waals surface area contributed by atoms with E-state index in [1.165, 1.54) is 24.1 Å². The normalized spacial score (nSPS) is 11.8. The third-order valence-electron chi connectivity index (χ3n) is 4.63. The molecule has 0 aliphatic heterocycles. The molecule has 3 rings (SSSR count). The van der Waals surface area contributed by atoms with Crippen LogP contribution >= 0.6 is 11.6 Å². The maximum atomic E-state index is 12.9. The molecule has 0 unspecified atom stereocenters. The number of carbonyl (C=O) groups excluding carboxylic acids is 1. The fourth-order valence-electron chi connectivity index (χ4n) is 2.90. The van der Waals surface area contributed by atoms with Crippen molar-refractivity contribution in [1.82, 2.24) is 19.4 Å². The number of hydrogen-bond donors (Lipinski definition) is 0. The first-order valence-electron chi connectivity index (χ1n) is 9.58. The minimum absolute atomic E-state index is 0.0488. The van der Waals surface area contributed by atoms with Gasteiger partial charge in [0.2, 0.25) is 27.7 Å². The van der Waals surface area contributed by atoms with Gasteiger partial charge >= 0.3 is 0 Å². The molecule has 10 heteroatoms. The smallest absolute Gasteiger partial charge is 0.249 e. The van der Waals surface area contributed by atoms with Crippen molar-refractivity contribution in [2.24, 2.45) is 0 Å². The van der Waals surface area contributed by atoms with Crippen LogP contribution in [0.3, 0.4) is 0 Å². The fourth-order valence-corrected chi connectivity index (χ4v) is 4.26. The Labute approximate surface area is 186 Å². The van der Waals surface area contributed by atoms with Crippen LogP contribution in [0.5, 0.6) is 0 Å². The van der Waals surface area contributed by atoms with Gasteiger partial charge in [-0.15, -0.1) is 10.2 Å². The summed E-state index contributed by atoms with van der Waals surface area (Å²) in [4.78, 5) is 14.5. The number of sulfonamides is 1. The molecule has 0 atom stereocenters. The van der Waals surface area contributed by atoms with Crippen LogP contribution < -0.4 is 0 Å². The molecular formula is C21H23ClN4O4S. The Balaban J connectivity index is 1.74. The van der Waals surface area contributed by atoms with E-state index in [9.17, 15) is 13.2 Å². The number of hydrogen-bond acceptors (Lipinski definition) is 6. The number of rotatable bonds is 8. The van der Waals surface area contributed by atoms with Crippen molar-refractivity contribution in [3.63, 3.8) is 0 Å². The Kier molecular flexibility index (Phi) is 7.09. The molecule has 0 saturated heterocycles. The number of amides is 1. The summed E-state index contributed by atoms with van der Waals surface area (Å²) in [5.41, 5.74) is 0.596. The Morgan fingerprint density at radius 1 is 1.06 bits per heavy atom. The van der Waals surface area contributed by atoms with Crippen molar-refractivity contribution in [3.05, 3.63) is 65.5 Å². The van der Waals surface area contributed by atoms with Crippen molar-refractivity contribution in [1.29, 1.82) is 0 Å². The summed E-state index contributed by atoms with van der Waals surface area (Å²) >= 11 is 6.17. The zero-order chi connectivity index (χ0) is 22.6. The van der Waals surface area contributed by atoms with Gasteiger partial charge in [0.05, 0.1) is 28.6 Å². The lowest BCUT2D eigenvalue weighted by Crippen LogP contribution is -2.43. The zero-order valence-corrected chi connectivity index (χ0v) is 19.0. The summed E-state index contributed by atoms with van der Waals surface area (Å²) in [6, 6.07) is 14.8. The third kappa shape index (κ3) is 5.30. The number of carbonyl (C=O) groups is 1. The van der Waals surface area contributed by atoms with Crippen LogP contribution in [0.2, 0.25) is 5.02 Å². The van der Waals surface area contributed by atoms with Crippen LogP contribution in [0.25, 0.3) is 11.5 Å². The minimum Gasteiger partial charge on any atom is -0.419 e. The van der Waals surface area contributed by atoms with Gasteiger partial charge < -0.3 is 9.32 Å². The summed E-state index contributed by atoms with van der Waals surface area (Å²) < 4.78 is 32.1. The Morgan fingerprint density at radius 3 is 2.35 bits per heavy atom. The highest BCUT2D eigenvalue weighted by Gasteiger charge is 2.27. The van der Waals surface area contributed by atoms with Gasteiger partial charge in [-0.2, -0.15) is 4.31 Å². The van der Waals surface area contributed by atoms with E-state index in [0.717, 1.165) is 4.31 Å². The van der Waals surface area contributed by atoms with Gasteiger partial charge in [0.1, 0.15) is 0 Å². The minimum atomic E-state index is -3.78. The van der Waals surface area contributed by atoms with E-state index in [4.69, 9.17) is 16.0 Å². The van der Waals surface area contributed by atoms with E-state index < -0.39 is 10.0 Å². The highest BCUT2D eigenvalue weighted by atomic mass is 35.5. The number of aromatic nitrogens is 2. The molecule has 164 valence electrons. The van der Waals surface area contributed by atoms with E-state index in [1.807, 2.05) is 13.8 Å². The molecular weight excluding hydrogens is 440 g/mol. The average Bonchev–Trinajstić information content (AvgIpc) is 3.21. The lowest BCUT2D eigenvalue weighted by Gasteiger charge is -2.27. The Bertz CT molecular complexity index is 1150. The SMILES string of the molecule is CC(C)N(Cc1nnc(-c2ccccc2Cl)o1)C(=O)CN(C)S(=O)(=O)c1ccccc1. The second-order valence-corrected chi connectivity index (χ2v) is 9.62. The van der Waals surface area contributed by atoms with Crippen LogP contribution in [-0.2, 0) is 21.4 Å². The second kappa shape index (κ2) is 9.59. The highest BCUT2D eigenvalue weighted by Crippen LogP contribution is 2.26. The maximum Gasteiger partial charge on any atom is 0.249 e. The van der Waals surface area contributed by atoms with Crippen LogP contribution in [-0.4, -0.2) is 53.4 Å². The van der Waals surface area contributed by atoms with E-state index in [-0.39, 0.29) is 41.7 Å². The van der Waals surface area contributed by atoms with Gasteiger partial charge in [-0.1, -0.05) is 41.9 Å². The Morgan fingerprint density at radius 2 is 1.71 bits per heavy atom. The third-order valence-corrected chi connectivity index (χ3v) is 6.78. The number of likely N-dealkylation sites (N-methyl/N-ethyl adjacent to an activating group) is 1. The molecule has 0 aliphatic carbocycles. The van der Waals surface area contributed by atoms with E-state index >= 15 is 0 Å².